The minimum absolute atomic E-state index is 0. The number of halogens is 1. The van der Waals surface area contributed by atoms with Gasteiger partial charge in [-0.05, 0) is 57.6 Å². The smallest absolute Gasteiger partial charge is 0.244 e. The van der Waals surface area contributed by atoms with Crippen LogP contribution in [-0.2, 0) is 14.8 Å². The second-order valence-corrected chi connectivity index (χ2v) is 9.49. The van der Waals surface area contributed by atoms with E-state index in [0.717, 1.165) is 29.5 Å². The van der Waals surface area contributed by atoms with Gasteiger partial charge in [0.15, 0.2) is 0 Å². The third-order valence-corrected chi connectivity index (χ3v) is 7.73. The number of nitrogens with two attached hydrogens (primary N) is 1. The lowest BCUT2D eigenvalue weighted by Crippen LogP contribution is -2.51. The molecule has 0 bridgehead atoms. The molecule has 152 valence electrons. The minimum Gasteiger partial charge on any atom is -0.341 e. The lowest BCUT2D eigenvalue weighted by molar-refractivity contribution is -0.135. The Labute approximate surface area is 168 Å². The van der Waals surface area contributed by atoms with E-state index in [-0.39, 0.29) is 24.4 Å². The van der Waals surface area contributed by atoms with Crippen LogP contribution in [0.1, 0.15) is 42.4 Å². The van der Waals surface area contributed by atoms with Crippen molar-refractivity contribution in [2.75, 3.05) is 19.6 Å². The number of nitrogens with zero attached hydrogens (tertiary/aromatic N) is 2. The molecule has 27 heavy (non-hydrogen) atoms. The van der Waals surface area contributed by atoms with Crippen molar-refractivity contribution in [2.24, 2.45) is 5.73 Å². The van der Waals surface area contributed by atoms with Crippen LogP contribution in [0.2, 0.25) is 0 Å². The molecule has 0 radical (unpaired) electrons. The summed E-state index contributed by atoms with van der Waals surface area (Å²) in [5.41, 5.74) is 8.44. The highest BCUT2D eigenvalue weighted by molar-refractivity contribution is 7.89. The molecule has 1 unspecified atom stereocenters. The van der Waals surface area contributed by atoms with Gasteiger partial charge in [-0.2, -0.15) is 4.31 Å². The molecule has 2 saturated heterocycles. The molecule has 2 fully saturated rings. The third-order valence-electron chi connectivity index (χ3n) is 5.51. The number of rotatable bonds is 3. The van der Waals surface area contributed by atoms with Crippen molar-refractivity contribution in [3.63, 3.8) is 0 Å². The van der Waals surface area contributed by atoms with Gasteiger partial charge in [0.25, 0.3) is 0 Å². The van der Waals surface area contributed by atoms with E-state index in [0.29, 0.717) is 37.4 Å². The van der Waals surface area contributed by atoms with Gasteiger partial charge in [0.05, 0.1) is 4.90 Å². The van der Waals surface area contributed by atoms with Crippen molar-refractivity contribution in [3.8, 4) is 0 Å². The fourth-order valence-electron chi connectivity index (χ4n) is 4.30. The number of benzene rings is 1. The molecule has 2 heterocycles. The van der Waals surface area contributed by atoms with Gasteiger partial charge in [0.1, 0.15) is 6.04 Å². The predicted molar refractivity (Wildman–Crippen MR) is 109 cm³/mol. The van der Waals surface area contributed by atoms with E-state index in [1.807, 2.05) is 32.9 Å². The quantitative estimate of drug-likeness (QED) is 0.819. The molecule has 2 aliphatic rings. The number of aryl methyl sites for hydroxylation is 3. The highest BCUT2D eigenvalue weighted by Crippen LogP contribution is 2.31. The summed E-state index contributed by atoms with van der Waals surface area (Å²) >= 11 is 0. The molecular weight excluding hydrogens is 386 g/mol. The van der Waals surface area contributed by atoms with Crippen LogP contribution in [0.3, 0.4) is 0 Å². The Hall–Kier alpha value is -1.15. The Bertz CT molecular complexity index is 781. The van der Waals surface area contributed by atoms with E-state index in [1.165, 1.54) is 4.31 Å². The van der Waals surface area contributed by atoms with Gasteiger partial charge >= 0.3 is 0 Å². The molecule has 1 aromatic rings. The summed E-state index contributed by atoms with van der Waals surface area (Å²) in [6, 6.07) is 3.33. The number of piperidine rings is 1. The average Bonchev–Trinajstić information content (AvgIpc) is 3.04. The molecule has 0 aromatic heterocycles. The maximum absolute atomic E-state index is 13.4. The number of carbonyl (C=O) groups excluding carboxylic acids is 1. The zero-order chi connectivity index (χ0) is 19.1. The van der Waals surface area contributed by atoms with Crippen LogP contribution in [0.15, 0.2) is 17.0 Å². The molecular formula is C19H30ClN3O3S. The molecule has 2 N–H and O–H groups in total. The second-order valence-electron chi connectivity index (χ2n) is 7.66. The van der Waals surface area contributed by atoms with Crippen molar-refractivity contribution in [2.45, 2.75) is 63.4 Å². The third kappa shape index (κ3) is 4.31. The van der Waals surface area contributed by atoms with Crippen LogP contribution in [0.4, 0.5) is 0 Å². The molecule has 1 amide bonds. The van der Waals surface area contributed by atoms with Crippen molar-refractivity contribution < 1.29 is 13.2 Å². The van der Waals surface area contributed by atoms with Crippen molar-refractivity contribution in [3.05, 3.63) is 28.8 Å². The van der Waals surface area contributed by atoms with Gasteiger partial charge in [-0.3, -0.25) is 4.79 Å². The molecule has 0 saturated carbocycles. The Morgan fingerprint density at radius 2 is 1.59 bits per heavy atom. The summed E-state index contributed by atoms with van der Waals surface area (Å²) in [7, 11) is -3.70. The van der Waals surface area contributed by atoms with Crippen LogP contribution in [0.5, 0.6) is 0 Å². The molecule has 3 rings (SSSR count). The highest BCUT2D eigenvalue weighted by Gasteiger charge is 2.42. The van der Waals surface area contributed by atoms with Gasteiger partial charge < -0.3 is 10.6 Å². The van der Waals surface area contributed by atoms with Gasteiger partial charge in [-0.15, -0.1) is 12.4 Å². The summed E-state index contributed by atoms with van der Waals surface area (Å²) in [6.07, 6.45) is 2.86. The highest BCUT2D eigenvalue weighted by atomic mass is 35.5. The average molecular weight is 416 g/mol. The SMILES string of the molecule is Cc1cc(C)c(S(=O)(=O)N2CCCC2C(=O)N2CCC(N)CC2)c(C)c1.Cl. The lowest BCUT2D eigenvalue weighted by Gasteiger charge is -2.34. The summed E-state index contributed by atoms with van der Waals surface area (Å²) in [6.45, 7) is 7.25. The Morgan fingerprint density at radius 1 is 1.04 bits per heavy atom. The molecule has 8 heteroatoms. The summed E-state index contributed by atoms with van der Waals surface area (Å²) < 4.78 is 28.2. The number of hydrogen-bond donors (Lipinski definition) is 1. The van der Waals surface area contributed by atoms with Gasteiger partial charge in [0.2, 0.25) is 15.9 Å². The monoisotopic (exact) mass is 415 g/mol. The van der Waals surface area contributed by atoms with E-state index in [4.69, 9.17) is 5.73 Å². The molecule has 1 aromatic carbocycles. The van der Waals surface area contributed by atoms with E-state index in [2.05, 4.69) is 0 Å². The summed E-state index contributed by atoms with van der Waals surface area (Å²) in [5, 5.41) is 0. The zero-order valence-corrected chi connectivity index (χ0v) is 17.9. The minimum atomic E-state index is -3.70. The Kier molecular flexibility index (Phi) is 6.95. The van der Waals surface area contributed by atoms with Gasteiger partial charge in [-0.25, -0.2) is 8.42 Å². The molecule has 0 aliphatic carbocycles. The summed E-state index contributed by atoms with van der Waals surface area (Å²) in [4.78, 5) is 15.1. The number of carbonyl (C=O) groups is 1. The fourth-order valence-corrected chi connectivity index (χ4v) is 6.36. The van der Waals surface area contributed by atoms with E-state index < -0.39 is 16.1 Å². The Morgan fingerprint density at radius 3 is 2.15 bits per heavy atom. The molecule has 2 aliphatic heterocycles. The van der Waals surface area contributed by atoms with Gasteiger partial charge in [-0.1, -0.05) is 17.7 Å². The number of hydrogen-bond acceptors (Lipinski definition) is 4. The van der Waals surface area contributed by atoms with Crippen LogP contribution >= 0.6 is 12.4 Å². The largest absolute Gasteiger partial charge is 0.341 e. The fraction of sp³-hybridized carbons (Fsp3) is 0.632. The molecule has 0 spiro atoms. The first-order valence-electron chi connectivity index (χ1n) is 9.36. The first-order chi connectivity index (χ1) is 12.2. The maximum atomic E-state index is 13.4. The van der Waals surface area contributed by atoms with Crippen molar-refractivity contribution >= 4 is 28.3 Å². The van der Waals surface area contributed by atoms with E-state index in [9.17, 15) is 13.2 Å². The number of likely N-dealkylation sites (tertiary alicyclic amines) is 1. The first-order valence-corrected chi connectivity index (χ1v) is 10.8. The van der Waals surface area contributed by atoms with Crippen LogP contribution in [-0.4, -0.2) is 55.2 Å². The van der Waals surface area contributed by atoms with Crippen molar-refractivity contribution in [1.29, 1.82) is 0 Å². The van der Waals surface area contributed by atoms with Crippen LogP contribution in [0, 0.1) is 20.8 Å². The van der Waals surface area contributed by atoms with E-state index in [1.54, 1.807) is 4.90 Å². The van der Waals surface area contributed by atoms with Crippen molar-refractivity contribution in [1.82, 2.24) is 9.21 Å². The Balaban J connectivity index is 0.00000261. The first kappa shape index (κ1) is 22.1. The topological polar surface area (TPSA) is 83.7 Å². The lowest BCUT2D eigenvalue weighted by atomic mass is 10.0. The number of amides is 1. The summed E-state index contributed by atoms with van der Waals surface area (Å²) in [5.74, 6) is -0.0691. The van der Waals surface area contributed by atoms with Crippen LogP contribution in [0.25, 0.3) is 0 Å². The predicted octanol–water partition coefficient (Wildman–Crippen LogP) is 2.14. The van der Waals surface area contributed by atoms with E-state index >= 15 is 0 Å². The number of sulfonamides is 1. The second kappa shape index (κ2) is 8.47. The van der Waals surface area contributed by atoms with Crippen LogP contribution < -0.4 is 5.73 Å². The zero-order valence-electron chi connectivity index (χ0n) is 16.3. The standard InChI is InChI=1S/C19H29N3O3S.ClH/c1-13-11-14(2)18(15(3)12-13)26(24,25)22-8-4-5-17(22)19(23)21-9-6-16(20)7-10-21;/h11-12,16-17H,4-10,20H2,1-3H3;1H. The molecule has 1 atom stereocenters. The maximum Gasteiger partial charge on any atom is 0.244 e. The normalized spacial score (nSPS) is 21.9. The molecule has 6 nitrogen and oxygen atoms in total. The van der Waals surface area contributed by atoms with Gasteiger partial charge in [0, 0.05) is 25.7 Å².